The van der Waals surface area contributed by atoms with E-state index in [1.54, 1.807) is 0 Å². The normalized spacial score (nSPS) is 11.6. The number of nitro benzene ring substituents is 1. The smallest absolute Gasteiger partial charge is 0.387 e. The average Bonchev–Trinajstić information content (AvgIpc) is 2.17. The maximum atomic E-state index is 12.1. The molecule has 1 aromatic rings. The molecule has 100 valence electrons. The molecule has 2 N–H and O–H groups in total. The van der Waals surface area contributed by atoms with Crippen LogP contribution in [0.2, 0.25) is 0 Å². The largest absolute Gasteiger partial charge is 0.435 e. The Kier molecular flexibility index (Phi) is 4.14. The third-order valence-electron chi connectivity index (χ3n) is 1.83. The average molecular weight is 282 g/mol. The van der Waals surface area contributed by atoms with Crippen LogP contribution < -0.4 is 9.88 Å². The van der Waals surface area contributed by atoms with Crippen LogP contribution in [0.25, 0.3) is 0 Å². The van der Waals surface area contributed by atoms with Gasteiger partial charge in [-0.25, -0.2) is 13.6 Å². The Morgan fingerprint density at radius 2 is 2.06 bits per heavy atom. The molecule has 0 bridgehead atoms. The van der Waals surface area contributed by atoms with Crippen LogP contribution in [-0.4, -0.2) is 20.0 Å². The van der Waals surface area contributed by atoms with E-state index in [2.05, 4.69) is 4.74 Å². The molecular formula is C8H8F2N2O5S. The van der Waals surface area contributed by atoms with Gasteiger partial charge in [0.1, 0.15) is 5.75 Å². The summed E-state index contributed by atoms with van der Waals surface area (Å²) < 4.78 is 49.9. The first-order valence-corrected chi connectivity index (χ1v) is 6.13. The van der Waals surface area contributed by atoms with E-state index in [0.717, 1.165) is 18.2 Å². The third kappa shape index (κ3) is 4.22. The second kappa shape index (κ2) is 5.23. The number of rotatable bonds is 5. The summed E-state index contributed by atoms with van der Waals surface area (Å²) >= 11 is 0. The molecule has 7 nitrogen and oxygen atoms in total. The van der Waals surface area contributed by atoms with Gasteiger partial charge in [0.2, 0.25) is 10.0 Å². The fraction of sp³-hybridized carbons (Fsp3) is 0.250. The van der Waals surface area contributed by atoms with E-state index in [9.17, 15) is 27.3 Å². The van der Waals surface area contributed by atoms with Crippen molar-refractivity contribution in [1.82, 2.24) is 0 Å². The third-order valence-corrected chi connectivity index (χ3v) is 2.54. The van der Waals surface area contributed by atoms with Gasteiger partial charge < -0.3 is 4.74 Å². The van der Waals surface area contributed by atoms with Crippen molar-refractivity contribution in [3.05, 3.63) is 33.9 Å². The first-order chi connectivity index (χ1) is 8.19. The topological polar surface area (TPSA) is 113 Å². The van der Waals surface area contributed by atoms with E-state index in [1.807, 2.05) is 0 Å². The number of primary sulfonamides is 1. The summed E-state index contributed by atoms with van der Waals surface area (Å²) in [6.45, 7) is -3.18. The minimum atomic E-state index is -4.03. The van der Waals surface area contributed by atoms with Crippen molar-refractivity contribution in [2.45, 2.75) is 12.4 Å². The molecule has 1 aromatic carbocycles. The number of sulfonamides is 1. The van der Waals surface area contributed by atoms with E-state index in [-0.39, 0.29) is 5.56 Å². The van der Waals surface area contributed by atoms with Crippen molar-refractivity contribution in [1.29, 1.82) is 0 Å². The first kappa shape index (κ1) is 14.3. The van der Waals surface area contributed by atoms with Gasteiger partial charge in [-0.3, -0.25) is 10.1 Å². The molecule has 10 heteroatoms. The van der Waals surface area contributed by atoms with Crippen LogP contribution in [-0.2, 0) is 15.8 Å². The fourth-order valence-corrected chi connectivity index (χ4v) is 1.88. The highest BCUT2D eigenvalue weighted by molar-refractivity contribution is 7.88. The second-order valence-electron chi connectivity index (χ2n) is 3.23. The van der Waals surface area contributed by atoms with E-state index in [1.165, 1.54) is 0 Å². The Hall–Kier alpha value is -1.81. The number of hydrogen-bond donors (Lipinski definition) is 1. The zero-order valence-corrected chi connectivity index (χ0v) is 9.56. The molecule has 0 radical (unpaired) electrons. The highest BCUT2D eigenvalue weighted by atomic mass is 32.2. The van der Waals surface area contributed by atoms with Crippen LogP contribution in [0.3, 0.4) is 0 Å². The van der Waals surface area contributed by atoms with Crippen molar-refractivity contribution < 1.29 is 26.9 Å². The Labute approximate surface area is 100 Å². The molecular weight excluding hydrogens is 274 g/mol. The summed E-state index contributed by atoms with van der Waals surface area (Å²) in [4.78, 5) is 9.70. The number of ether oxygens (including phenoxy) is 1. The Balaban J connectivity index is 3.21. The SMILES string of the molecule is NS(=O)(=O)Cc1cc([N+](=O)[O-])ccc1OC(F)F. The highest BCUT2D eigenvalue weighted by Gasteiger charge is 2.18. The quantitative estimate of drug-likeness (QED) is 0.639. The van der Waals surface area contributed by atoms with Gasteiger partial charge in [-0.2, -0.15) is 8.78 Å². The zero-order chi connectivity index (χ0) is 13.9. The van der Waals surface area contributed by atoms with Crippen LogP contribution in [0.1, 0.15) is 5.56 Å². The van der Waals surface area contributed by atoms with Gasteiger partial charge in [-0.1, -0.05) is 0 Å². The Morgan fingerprint density at radius 3 is 2.50 bits per heavy atom. The summed E-state index contributed by atoms with van der Waals surface area (Å²) in [6, 6.07) is 2.64. The minimum Gasteiger partial charge on any atom is -0.435 e. The van der Waals surface area contributed by atoms with Crippen molar-refractivity contribution in [3.63, 3.8) is 0 Å². The number of halogens is 2. The number of non-ortho nitro benzene ring substituents is 1. The highest BCUT2D eigenvalue weighted by Crippen LogP contribution is 2.26. The summed E-state index contributed by atoms with van der Waals surface area (Å²) in [5.41, 5.74) is -0.748. The number of nitrogens with two attached hydrogens (primary N) is 1. The molecule has 0 heterocycles. The molecule has 0 amide bonds. The zero-order valence-electron chi connectivity index (χ0n) is 8.75. The van der Waals surface area contributed by atoms with Gasteiger partial charge in [-0.05, 0) is 6.07 Å². The lowest BCUT2D eigenvalue weighted by Gasteiger charge is -2.09. The van der Waals surface area contributed by atoms with Crippen LogP contribution in [0.5, 0.6) is 5.75 Å². The predicted molar refractivity (Wildman–Crippen MR) is 56.5 cm³/mol. The van der Waals surface area contributed by atoms with Crippen LogP contribution >= 0.6 is 0 Å². The maximum Gasteiger partial charge on any atom is 0.387 e. The Bertz CT molecular complexity index is 561. The number of nitro groups is 1. The monoisotopic (exact) mass is 282 g/mol. The molecule has 0 saturated heterocycles. The van der Waals surface area contributed by atoms with Gasteiger partial charge in [0.05, 0.1) is 10.7 Å². The molecule has 0 spiro atoms. The summed E-state index contributed by atoms with van der Waals surface area (Å²) in [5.74, 6) is -1.30. The number of hydrogen-bond acceptors (Lipinski definition) is 5. The van der Waals surface area contributed by atoms with Gasteiger partial charge >= 0.3 is 6.61 Å². The van der Waals surface area contributed by atoms with Crippen molar-refractivity contribution >= 4 is 15.7 Å². The molecule has 0 unspecified atom stereocenters. The predicted octanol–water partition coefficient (Wildman–Crippen LogP) is 0.985. The summed E-state index contributed by atoms with van der Waals surface area (Å²) in [5, 5.41) is 15.2. The van der Waals surface area contributed by atoms with Crippen molar-refractivity contribution in [2.75, 3.05) is 0 Å². The number of alkyl halides is 2. The van der Waals surface area contributed by atoms with E-state index < -0.39 is 38.7 Å². The van der Waals surface area contributed by atoms with Gasteiger partial charge in [0.15, 0.2) is 0 Å². The molecule has 1 rings (SSSR count). The maximum absolute atomic E-state index is 12.1. The minimum absolute atomic E-state index is 0.299. The fourth-order valence-electron chi connectivity index (χ4n) is 1.22. The van der Waals surface area contributed by atoms with Crippen molar-refractivity contribution in [3.8, 4) is 5.75 Å². The number of nitrogens with zero attached hydrogens (tertiary/aromatic N) is 1. The summed E-state index contributed by atoms with van der Waals surface area (Å²) in [6.07, 6.45) is 0. The second-order valence-corrected chi connectivity index (χ2v) is 4.85. The van der Waals surface area contributed by atoms with Gasteiger partial charge in [-0.15, -0.1) is 0 Å². The molecule has 0 atom stereocenters. The lowest BCUT2D eigenvalue weighted by atomic mass is 10.2. The van der Waals surface area contributed by atoms with E-state index >= 15 is 0 Å². The molecule has 0 fully saturated rings. The van der Waals surface area contributed by atoms with Crippen molar-refractivity contribution in [2.24, 2.45) is 5.14 Å². The van der Waals surface area contributed by atoms with Crippen LogP contribution in [0.15, 0.2) is 18.2 Å². The van der Waals surface area contributed by atoms with E-state index in [0.29, 0.717) is 0 Å². The molecule has 18 heavy (non-hydrogen) atoms. The molecule has 0 aromatic heterocycles. The van der Waals surface area contributed by atoms with Crippen LogP contribution in [0.4, 0.5) is 14.5 Å². The lowest BCUT2D eigenvalue weighted by Crippen LogP contribution is -2.16. The van der Waals surface area contributed by atoms with Gasteiger partial charge in [0.25, 0.3) is 5.69 Å². The molecule has 0 aliphatic heterocycles. The van der Waals surface area contributed by atoms with Crippen LogP contribution in [0, 0.1) is 10.1 Å². The summed E-state index contributed by atoms with van der Waals surface area (Å²) in [7, 11) is -4.03. The standard InChI is InChI=1S/C8H8F2N2O5S/c9-8(10)17-7-2-1-6(12(13)14)3-5(7)4-18(11,15)16/h1-3,8H,4H2,(H2,11,15,16). The number of benzene rings is 1. The molecule has 0 aliphatic carbocycles. The molecule has 0 aliphatic rings. The first-order valence-electron chi connectivity index (χ1n) is 4.41. The molecule has 0 saturated carbocycles. The van der Waals surface area contributed by atoms with Gasteiger partial charge in [0, 0.05) is 17.7 Å². The lowest BCUT2D eigenvalue weighted by molar-refractivity contribution is -0.384. The Morgan fingerprint density at radius 1 is 1.44 bits per heavy atom. The van der Waals surface area contributed by atoms with E-state index in [4.69, 9.17) is 5.14 Å².